The average Bonchev–Trinajstić information content (AvgIpc) is 2.37. The molecule has 0 aliphatic carbocycles. The lowest BCUT2D eigenvalue weighted by molar-refractivity contribution is -0.135. The second-order valence-corrected chi connectivity index (χ2v) is 6.14. The maximum atomic E-state index is 12.4. The molecule has 0 aromatic heterocycles. The molecule has 0 aliphatic heterocycles. The van der Waals surface area contributed by atoms with Gasteiger partial charge in [0.05, 0.1) is 11.6 Å². The van der Waals surface area contributed by atoms with Gasteiger partial charge in [0.15, 0.2) is 0 Å². The summed E-state index contributed by atoms with van der Waals surface area (Å²) in [7, 11) is 1.79. The van der Waals surface area contributed by atoms with Crippen LogP contribution in [-0.2, 0) is 11.3 Å². The third kappa shape index (κ3) is 6.24. The zero-order chi connectivity index (χ0) is 16.0. The van der Waals surface area contributed by atoms with E-state index in [4.69, 9.17) is 10.5 Å². The van der Waals surface area contributed by atoms with E-state index in [1.54, 1.807) is 18.9 Å². The number of hydrogen-bond acceptors (Lipinski definition) is 3. The first-order chi connectivity index (χ1) is 9.76. The summed E-state index contributed by atoms with van der Waals surface area (Å²) >= 11 is 0. The van der Waals surface area contributed by atoms with Crippen LogP contribution in [-0.4, -0.2) is 29.5 Å². The normalized spacial score (nSPS) is 13.2. The molecule has 1 amide bonds. The molecular formula is C17H29ClN2O2. The van der Waals surface area contributed by atoms with Crippen molar-refractivity contribution in [3.05, 3.63) is 29.8 Å². The topological polar surface area (TPSA) is 55.6 Å². The predicted octanol–water partition coefficient (Wildman–Crippen LogP) is 3.37. The highest BCUT2D eigenvalue weighted by Crippen LogP contribution is 2.18. The van der Waals surface area contributed by atoms with Crippen LogP contribution in [0.2, 0.25) is 0 Å². The second kappa shape index (κ2) is 9.01. The number of benzene rings is 1. The summed E-state index contributed by atoms with van der Waals surface area (Å²) in [4.78, 5) is 14.1. The Kier molecular flexibility index (Phi) is 8.49. The number of likely N-dealkylation sites (N-methyl/N-ethyl adjacent to an activating group) is 1. The number of nitrogens with two attached hydrogens (primary N) is 1. The highest BCUT2D eigenvalue weighted by molar-refractivity contribution is 5.85. The van der Waals surface area contributed by atoms with Gasteiger partial charge in [-0.3, -0.25) is 4.79 Å². The largest absolute Gasteiger partial charge is 0.491 e. The van der Waals surface area contributed by atoms with Crippen molar-refractivity contribution < 1.29 is 9.53 Å². The Hall–Kier alpha value is -1.26. The first-order valence-corrected chi connectivity index (χ1v) is 7.56. The van der Waals surface area contributed by atoms with Crippen molar-refractivity contribution in [3.8, 4) is 5.75 Å². The molecule has 0 fully saturated rings. The summed E-state index contributed by atoms with van der Waals surface area (Å²) in [5, 5.41) is 0. The van der Waals surface area contributed by atoms with Crippen LogP contribution < -0.4 is 10.5 Å². The van der Waals surface area contributed by atoms with E-state index in [1.165, 1.54) is 0 Å². The molecular weight excluding hydrogens is 300 g/mol. The molecule has 0 saturated heterocycles. The van der Waals surface area contributed by atoms with E-state index < -0.39 is 5.54 Å². The minimum absolute atomic E-state index is 0. The molecule has 2 N–H and O–H groups in total. The fourth-order valence-corrected chi connectivity index (χ4v) is 2.40. The minimum atomic E-state index is -0.796. The van der Waals surface area contributed by atoms with Crippen LogP contribution in [0.5, 0.6) is 5.75 Å². The van der Waals surface area contributed by atoms with Crippen LogP contribution in [0.1, 0.15) is 46.1 Å². The molecule has 1 aromatic carbocycles. The predicted molar refractivity (Wildman–Crippen MR) is 93.4 cm³/mol. The van der Waals surface area contributed by atoms with Gasteiger partial charge in [0.1, 0.15) is 5.75 Å². The summed E-state index contributed by atoms with van der Waals surface area (Å²) in [6, 6.07) is 7.83. The molecule has 1 aromatic rings. The summed E-state index contributed by atoms with van der Waals surface area (Å²) in [6.07, 6.45) is 1.72. The van der Waals surface area contributed by atoms with E-state index >= 15 is 0 Å². The summed E-state index contributed by atoms with van der Waals surface area (Å²) in [5.41, 5.74) is 6.35. The van der Waals surface area contributed by atoms with Crippen molar-refractivity contribution in [3.63, 3.8) is 0 Å². The van der Waals surface area contributed by atoms with Gasteiger partial charge < -0.3 is 15.4 Å². The van der Waals surface area contributed by atoms with Crippen LogP contribution in [0.25, 0.3) is 0 Å². The second-order valence-electron chi connectivity index (χ2n) is 6.14. The van der Waals surface area contributed by atoms with Crippen LogP contribution in [0, 0.1) is 0 Å². The van der Waals surface area contributed by atoms with Crippen LogP contribution in [0.15, 0.2) is 24.3 Å². The molecule has 5 heteroatoms. The summed E-state index contributed by atoms with van der Waals surface area (Å²) in [6.45, 7) is 8.35. The SMILES string of the molecule is CCCC(C)(N)C(=O)N(C)Cc1cccc(OC(C)C)c1.Cl. The Bertz CT molecular complexity index is 475. The molecule has 0 heterocycles. The lowest BCUT2D eigenvalue weighted by Crippen LogP contribution is -2.51. The minimum Gasteiger partial charge on any atom is -0.491 e. The van der Waals surface area contributed by atoms with E-state index in [2.05, 4.69) is 0 Å². The van der Waals surface area contributed by atoms with Gasteiger partial charge in [-0.1, -0.05) is 25.5 Å². The van der Waals surface area contributed by atoms with Crippen LogP contribution in [0.4, 0.5) is 0 Å². The Balaban J connectivity index is 0.00000441. The molecule has 0 radical (unpaired) electrons. The number of amides is 1. The monoisotopic (exact) mass is 328 g/mol. The maximum absolute atomic E-state index is 12.4. The lowest BCUT2D eigenvalue weighted by atomic mass is 9.96. The average molecular weight is 329 g/mol. The van der Waals surface area contributed by atoms with Gasteiger partial charge in [0.2, 0.25) is 5.91 Å². The smallest absolute Gasteiger partial charge is 0.242 e. The van der Waals surface area contributed by atoms with Gasteiger partial charge in [0.25, 0.3) is 0 Å². The van der Waals surface area contributed by atoms with Gasteiger partial charge in [0, 0.05) is 13.6 Å². The summed E-state index contributed by atoms with van der Waals surface area (Å²) in [5.74, 6) is 0.798. The number of carbonyl (C=O) groups is 1. The van der Waals surface area contributed by atoms with E-state index in [1.807, 2.05) is 45.0 Å². The molecule has 1 rings (SSSR count). The first kappa shape index (κ1) is 20.7. The number of rotatable bonds is 7. The number of hydrogen-bond donors (Lipinski definition) is 1. The van der Waals surface area contributed by atoms with Gasteiger partial charge >= 0.3 is 0 Å². The molecule has 0 aliphatic rings. The number of carbonyl (C=O) groups excluding carboxylic acids is 1. The molecule has 126 valence electrons. The Morgan fingerprint density at radius 1 is 1.41 bits per heavy atom. The number of nitrogens with zero attached hydrogens (tertiary/aromatic N) is 1. The zero-order valence-corrected chi connectivity index (χ0v) is 15.1. The van der Waals surface area contributed by atoms with Crippen molar-refractivity contribution in [1.29, 1.82) is 0 Å². The van der Waals surface area contributed by atoms with Crippen LogP contribution in [0.3, 0.4) is 0 Å². The number of halogens is 1. The highest BCUT2D eigenvalue weighted by Gasteiger charge is 2.30. The molecule has 0 bridgehead atoms. The van der Waals surface area contributed by atoms with Crippen molar-refractivity contribution >= 4 is 18.3 Å². The molecule has 0 spiro atoms. The van der Waals surface area contributed by atoms with E-state index in [0.717, 1.165) is 17.7 Å². The third-order valence-electron chi connectivity index (χ3n) is 3.29. The lowest BCUT2D eigenvalue weighted by Gasteiger charge is -2.29. The van der Waals surface area contributed by atoms with Crippen molar-refractivity contribution in [2.24, 2.45) is 5.73 Å². The Morgan fingerprint density at radius 2 is 2.05 bits per heavy atom. The summed E-state index contributed by atoms with van der Waals surface area (Å²) < 4.78 is 5.67. The molecule has 1 unspecified atom stereocenters. The molecule has 0 saturated carbocycles. The van der Waals surface area contributed by atoms with Crippen LogP contribution >= 0.6 is 12.4 Å². The van der Waals surface area contributed by atoms with E-state index in [-0.39, 0.29) is 24.4 Å². The highest BCUT2D eigenvalue weighted by atomic mass is 35.5. The van der Waals surface area contributed by atoms with Crippen molar-refractivity contribution in [2.45, 2.75) is 58.7 Å². The molecule has 1 atom stereocenters. The third-order valence-corrected chi connectivity index (χ3v) is 3.29. The Morgan fingerprint density at radius 3 is 2.59 bits per heavy atom. The van der Waals surface area contributed by atoms with Gasteiger partial charge in [-0.15, -0.1) is 12.4 Å². The number of ether oxygens (including phenoxy) is 1. The van der Waals surface area contributed by atoms with E-state index in [0.29, 0.717) is 13.0 Å². The molecule has 4 nitrogen and oxygen atoms in total. The quantitative estimate of drug-likeness (QED) is 0.835. The van der Waals surface area contributed by atoms with Crippen molar-refractivity contribution in [2.75, 3.05) is 7.05 Å². The van der Waals surface area contributed by atoms with Gasteiger partial charge in [-0.2, -0.15) is 0 Å². The maximum Gasteiger partial charge on any atom is 0.242 e. The standard InChI is InChI=1S/C17H28N2O2.ClH/c1-6-10-17(4,18)16(20)19(5)12-14-8-7-9-15(11-14)21-13(2)3;/h7-9,11,13H,6,10,12,18H2,1-5H3;1H. The van der Waals surface area contributed by atoms with E-state index in [9.17, 15) is 4.79 Å². The molecule has 22 heavy (non-hydrogen) atoms. The zero-order valence-electron chi connectivity index (χ0n) is 14.3. The fraction of sp³-hybridized carbons (Fsp3) is 0.588. The van der Waals surface area contributed by atoms with Gasteiger partial charge in [-0.25, -0.2) is 0 Å². The fourth-order valence-electron chi connectivity index (χ4n) is 2.40. The Labute approximate surface area is 140 Å². The first-order valence-electron chi connectivity index (χ1n) is 7.56. The van der Waals surface area contributed by atoms with Crippen molar-refractivity contribution in [1.82, 2.24) is 4.90 Å². The van der Waals surface area contributed by atoms with Gasteiger partial charge in [-0.05, 0) is 44.9 Å².